The van der Waals surface area contributed by atoms with Gasteiger partial charge in [-0.1, -0.05) is 6.07 Å². The maximum atomic E-state index is 13.0. The third-order valence-electron chi connectivity index (χ3n) is 2.11. The molecule has 3 nitrogen and oxygen atoms in total. The van der Waals surface area contributed by atoms with E-state index in [1.807, 2.05) is 18.0 Å². The second-order valence-electron chi connectivity index (χ2n) is 3.45. The first kappa shape index (κ1) is 11.6. The molecule has 0 bridgehead atoms. The molecule has 0 aromatic heterocycles. The second-order valence-corrected chi connectivity index (χ2v) is 3.45. The van der Waals surface area contributed by atoms with Gasteiger partial charge in [-0.25, -0.2) is 4.39 Å². The molecule has 15 heavy (non-hydrogen) atoms. The number of hydrogen-bond donors (Lipinski definition) is 1. The first-order chi connectivity index (χ1) is 7.17. The van der Waals surface area contributed by atoms with Crippen LogP contribution in [0.25, 0.3) is 0 Å². The lowest BCUT2D eigenvalue weighted by molar-refractivity contribution is 0.336. The SMILES string of the molecule is CN(CCN)Cc1ccc(F)c(C#N)c1. The van der Waals surface area contributed by atoms with Crippen molar-refractivity contribution in [2.75, 3.05) is 20.1 Å². The molecule has 0 unspecified atom stereocenters. The van der Waals surface area contributed by atoms with Gasteiger partial charge in [0, 0.05) is 19.6 Å². The van der Waals surface area contributed by atoms with E-state index in [0.717, 1.165) is 12.1 Å². The summed E-state index contributed by atoms with van der Waals surface area (Å²) >= 11 is 0. The van der Waals surface area contributed by atoms with Crippen molar-refractivity contribution < 1.29 is 4.39 Å². The quantitative estimate of drug-likeness (QED) is 0.804. The van der Waals surface area contributed by atoms with Crippen molar-refractivity contribution in [1.82, 2.24) is 4.90 Å². The van der Waals surface area contributed by atoms with Gasteiger partial charge in [-0.2, -0.15) is 5.26 Å². The van der Waals surface area contributed by atoms with E-state index in [0.29, 0.717) is 13.1 Å². The fourth-order valence-electron chi connectivity index (χ4n) is 1.37. The molecular weight excluding hydrogens is 193 g/mol. The Balaban J connectivity index is 2.75. The van der Waals surface area contributed by atoms with Crippen LogP contribution in [0.2, 0.25) is 0 Å². The number of hydrogen-bond acceptors (Lipinski definition) is 3. The number of nitrogens with two attached hydrogens (primary N) is 1. The molecule has 2 N–H and O–H groups in total. The molecular formula is C11H14FN3. The molecule has 0 radical (unpaired) electrons. The van der Waals surface area contributed by atoms with Crippen molar-refractivity contribution in [2.45, 2.75) is 6.54 Å². The minimum Gasteiger partial charge on any atom is -0.329 e. The fraction of sp³-hybridized carbons (Fsp3) is 0.364. The molecule has 0 fully saturated rings. The molecule has 0 saturated carbocycles. The molecule has 0 saturated heterocycles. The summed E-state index contributed by atoms with van der Waals surface area (Å²) in [5.74, 6) is -0.470. The smallest absolute Gasteiger partial charge is 0.140 e. The van der Waals surface area contributed by atoms with Gasteiger partial charge in [0.05, 0.1) is 5.56 Å². The Labute approximate surface area is 88.9 Å². The zero-order valence-electron chi connectivity index (χ0n) is 8.70. The van der Waals surface area contributed by atoms with Gasteiger partial charge in [-0.3, -0.25) is 0 Å². The first-order valence-corrected chi connectivity index (χ1v) is 4.74. The van der Waals surface area contributed by atoms with E-state index in [2.05, 4.69) is 0 Å². The number of halogens is 1. The van der Waals surface area contributed by atoms with Crippen LogP contribution in [0.1, 0.15) is 11.1 Å². The average molecular weight is 207 g/mol. The van der Waals surface area contributed by atoms with Gasteiger partial charge in [0.1, 0.15) is 11.9 Å². The summed E-state index contributed by atoms with van der Waals surface area (Å²) in [7, 11) is 1.93. The summed E-state index contributed by atoms with van der Waals surface area (Å²) in [5.41, 5.74) is 6.42. The van der Waals surface area contributed by atoms with Gasteiger partial charge in [0.15, 0.2) is 0 Å². The Morgan fingerprint density at radius 3 is 2.87 bits per heavy atom. The largest absolute Gasteiger partial charge is 0.329 e. The van der Waals surface area contributed by atoms with E-state index in [9.17, 15) is 4.39 Å². The molecule has 0 atom stereocenters. The predicted molar refractivity (Wildman–Crippen MR) is 56.5 cm³/mol. The normalized spacial score (nSPS) is 10.3. The molecule has 1 rings (SSSR count). The van der Waals surface area contributed by atoms with Crippen LogP contribution in [-0.2, 0) is 6.54 Å². The van der Waals surface area contributed by atoms with Crippen LogP contribution in [-0.4, -0.2) is 25.0 Å². The van der Waals surface area contributed by atoms with Crippen LogP contribution in [0.15, 0.2) is 18.2 Å². The third-order valence-corrected chi connectivity index (χ3v) is 2.11. The summed E-state index contributed by atoms with van der Waals surface area (Å²) in [6.07, 6.45) is 0. The van der Waals surface area contributed by atoms with Crippen LogP contribution in [0, 0.1) is 17.1 Å². The Kier molecular flexibility index (Phi) is 4.22. The van der Waals surface area contributed by atoms with E-state index in [1.165, 1.54) is 6.07 Å². The molecule has 1 aromatic rings. The monoisotopic (exact) mass is 207 g/mol. The zero-order valence-corrected chi connectivity index (χ0v) is 8.70. The highest BCUT2D eigenvalue weighted by atomic mass is 19.1. The summed E-state index contributed by atoms with van der Waals surface area (Å²) < 4.78 is 13.0. The minimum absolute atomic E-state index is 0.0913. The van der Waals surface area contributed by atoms with Crippen LogP contribution in [0.5, 0.6) is 0 Å². The highest BCUT2D eigenvalue weighted by Gasteiger charge is 2.04. The van der Waals surface area contributed by atoms with Crippen molar-refractivity contribution >= 4 is 0 Å². The molecule has 80 valence electrons. The Morgan fingerprint density at radius 1 is 1.53 bits per heavy atom. The van der Waals surface area contributed by atoms with E-state index in [-0.39, 0.29) is 5.56 Å². The maximum absolute atomic E-state index is 13.0. The highest BCUT2D eigenvalue weighted by Crippen LogP contribution is 2.10. The molecule has 0 spiro atoms. The van der Waals surface area contributed by atoms with E-state index >= 15 is 0 Å². The standard InChI is InChI=1S/C11H14FN3/c1-15(5-4-13)8-9-2-3-11(12)10(6-9)7-14/h2-3,6H,4-5,8,13H2,1H3. The van der Waals surface area contributed by atoms with E-state index in [4.69, 9.17) is 11.0 Å². The second kappa shape index (κ2) is 5.44. The first-order valence-electron chi connectivity index (χ1n) is 4.74. The lowest BCUT2D eigenvalue weighted by Gasteiger charge is -2.15. The number of benzene rings is 1. The van der Waals surface area contributed by atoms with E-state index in [1.54, 1.807) is 12.1 Å². The van der Waals surface area contributed by atoms with Crippen molar-refractivity contribution in [3.05, 3.63) is 35.1 Å². The van der Waals surface area contributed by atoms with Gasteiger partial charge < -0.3 is 10.6 Å². The van der Waals surface area contributed by atoms with E-state index < -0.39 is 5.82 Å². The molecule has 1 aromatic carbocycles. The molecule has 0 aliphatic carbocycles. The number of rotatable bonds is 4. The van der Waals surface area contributed by atoms with Crippen molar-refractivity contribution in [3.8, 4) is 6.07 Å². The molecule has 0 amide bonds. The van der Waals surface area contributed by atoms with Crippen LogP contribution < -0.4 is 5.73 Å². The summed E-state index contributed by atoms with van der Waals surface area (Å²) in [6, 6.07) is 6.40. The van der Waals surface area contributed by atoms with Crippen molar-refractivity contribution in [1.29, 1.82) is 5.26 Å². The summed E-state index contributed by atoms with van der Waals surface area (Å²) in [6.45, 7) is 2.04. The fourth-order valence-corrected chi connectivity index (χ4v) is 1.37. The minimum atomic E-state index is -0.470. The van der Waals surface area contributed by atoms with Crippen molar-refractivity contribution in [2.24, 2.45) is 5.73 Å². The lowest BCUT2D eigenvalue weighted by Crippen LogP contribution is -2.25. The Morgan fingerprint density at radius 2 is 2.27 bits per heavy atom. The number of nitrogens with zero attached hydrogens (tertiary/aromatic N) is 2. The van der Waals surface area contributed by atoms with Crippen LogP contribution in [0.3, 0.4) is 0 Å². The molecule has 4 heteroatoms. The Hall–Kier alpha value is -1.44. The molecule has 0 heterocycles. The number of nitriles is 1. The van der Waals surface area contributed by atoms with Crippen LogP contribution in [0.4, 0.5) is 4.39 Å². The van der Waals surface area contributed by atoms with Gasteiger partial charge >= 0.3 is 0 Å². The average Bonchev–Trinajstić information content (AvgIpc) is 2.21. The highest BCUT2D eigenvalue weighted by molar-refractivity contribution is 5.34. The lowest BCUT2D eigenvalue weighted by atomic mass is 10.1. The summed E-state index contributed by atoms with van der Waals surface area (Å²) in [4.78, 5) is 2.02. The third kappa shape index (κ3) is 3.31. The van der Waals surface area contributed by atoms with Gasteiger partial charge in [0.25, 0.3) is 0 Å². The van der Waals surface area contributed by atoms with Gasteiger partial charge in [0.2, 0.25) is 0 Å². The molecule has 0 aliphatic rings. The van der Waals surface area contributed by atoms with Crippen LogP contribution >= 0.6 is 0 Å². The predicted octanol–water partition coefficient (Wildman–Crippen LogP) is 1.09. The number of likely N-dealkylation sites (N-methyl/N-ethyl adjacent to an activating group) is 1. The topological polar surface area (TPSA) is 53.0 Å². The zero-order chi connectivity index (χ0) is 11.3. The Bertz CT molecular complexity index is 371. The summed E-state index contributed by atoms with van der Waals surface area (Å²) in [5, 5.41) is 8.66. The molecule has 0 aliphatic heterocycles. The van der Waals surface area contributed by atoms with Gasteiger partial charge in [-0.05, 0) is 24.7 Å². The maximum Gasteiger partial charge on any atom is 0.140 e. The van der Waals surface area contributed by atoms with Gasteiger partial charge in [-0.15, -0.1) is 0 Å². The van der Waals surface area contributed by atoms with Crippen molar-refractivity contribution in [3.63, 3.8) is 0 Å².